The standard InChI is InChI=1S/2C9H12N.Sc/c2*1-8-6-4-5-7-9(8)10(2)3;/h2*4-7H,1H2,2-3H3;. The summed E-state index contributed by atoms with van der Waals surface area (Å²) in [4.78, 5) is 4.45. The van der Waals surface area contributed by atoms with Crippen LogP contribution in [0.5, 0.6) is 0 Å². The molecule has 0 bridgehead atoms. The van der Waals surface area contributed by atoms with Crippen molar-refractivity contribution in [3.8, 4) is 0 Å². The van der Waals surface area contributed by atoms with Gasteiger partial charge in [-0.1, -0.05) is 0 Å². The average molecular weight is 313 g/mol. The van der Waals surface area contributed by atoms with Crippen molar-refractivity contribution in [2.75, 3.05) is 38.0 Å². The summed E-state index contributed by atoms with van der Waals surface area (Å²) in [5.41, 5.74) is 5.75. The van der Waals surface area contributed by atoms with E-state index in [0.29, 0.717) is 0 Å². The van der Waals surface area contributed by atoms with Crippen LogP contribution in [0, 0.1) is 0 Å². The van der Waals surface area contributed by atoms with E-state index in [1.165, 1.54) is 30.9 Å². The Hall–Kier alpha value is -1.09. The third-order valence-corrected chi connectivity index (χ3v) is 5.95. The van der Waals surface area contributed by atoms with Crippen molar-refractivity contribution < 1.29 is 22.9 Å². The van der Waals surface area contributed by atoms with Gasteiger partial charge in [0.1, 0.15) is 0 Å². The van der Waals surface area contributed by atoms with E-state index in [-0.39, 0.29) is 22.9 Å². The molecule has 0 atom stereocenters. The SMILES string of the molecule is CN(C)c1ccccc1[CH2][Sc][CH2]c1ccccc1N(C)C. The van der Waals surface area contributed by atoms with E-state index >= 15 is 0 Å². The monoisotopic (exact) mass is 313 g/mol. The maximum atomic E-state index is 2.28. The molecule has 0 aromatic heterocycles. The van der Waals surface area contributed by atoms with E-state index < -0.39 is 0 Å². The first-order chi connectivity index (χ1) is 10.1. The Morgan fingerprint density at radius 2 is 1.05 bits per heavy atom. The number of hydrogen-bond acceptors (Lipinski definition) is 2. The molecule has 3 heteroatoms. The number of rotatable bonds is 6. The molecule has 0 radical (unpaired) electrons. The molecule has 21 heavy (non-hydrogen) atoms. The Balaban J connectivity index is 2.03. The average Bonchev–Trinajstić information content (AvgIpc) is 2.48. The molecule has 2 nitrogen and oxygen atoms in total. The molecule has 0 unspecified atom stereocenters. The fraction of sp³-hybridized carbons (Fsp3) is 0.333. The number of benzene rings is 2. The zero-order valence-corrected chi connectivity index (χ0v) is 15.3. The zero-order valence-electron chi connectivity index (χ0n) is 13.5. The van der Waals surface area contributed by atoms with Gasteiger partial charge in [-0.25, -0.2) is 0 Å². The summed E-state index contributed by atoms with van der Waals surface area (Å²) in [5, 5.41) is 0. The van der Waals surface area contributed by atoms with E-state index in [1.54, 1.807) is 0 Å². The Morgan fingerprint density at radius 3 is 1.43 bits per heavy atom. The van der Waals surface area contributed by atoms with Crippen LogP contribution in [0.2, 0.25) is 0 Å². The predicted octanol–water partition coefficient (Wildman–Crippen LogP) is 3.60. The van der Waals surface area contributed by atoms with E-state index in [1.807, 2.05) is 0 Å². The van der Waals surface area contributed by atoms with Gasteiger partial charge in [-0.15, -0.1) is 0 Å². The molecule has 0 aliphatic carbocycles. The topological polar surface area (TPSA) is 6.48 Å². The van der Waals surface area contributed by atoms with Crippen LogP contribution in [-0.4, -0.2) is 28.2 Å². The van der Waals surface area contributed by atoms with Crippen LogP contribution >= 0.6 is 0 Å². The van der Waals surface area contributed by atoms with Crippen LogP contribution in [0.25, 0.3) is 0 Å². The molecule has 0 spiro atoms. The molecule has 109 valence electrons. The normalized spacial score (nSPS) is 10.1. The molecule has 0 amide bonds. The molecule has 0 N–H and O–H groups in total. The van der Waals surface area contributed by atoms with Gasteiger partial charge >= 0.3 is 140 Å². The summed E-state index contributed by atoms with van der Waals surface area (Å²) < 4.78 is 2.55. The van der Waals surface area contributed by atoms with E-state index in [4.69, 9.17) is 0 Å². The first-order valence-corrected chi connectivity index (χ1v) is 9.96. The van der Waals surface area contributed by atoms with Gasteiger partial charge in [0.2, 0.25) is 0 Å². The van der Waals surface area contributed by atoms with Crippen molar-refractivity contribution in [1.29, 1.82) is 0 Å². The second-order valence-electron chi connectivity index (χ2n) is 5.74. The van der Waals surface area contributed by atoms with Crippen molar-refractivity contribution in [1.82, 2.24) is 0 Å². The molecule has 0 fully saturated rings. The maximum absolute atomic E-state index is 2.28. The van der Waals surface area contributed by atoms with Gasteiger partial charge in [0.05, 0.1) is 0 Å². The number of nitrogens with zero attached hydrogens (tertiary/aromatic N) is 2. The van der Waals surface area contributed by atoms with Crippen LogP contribution in [0.15, 0.2) is 48.5 Å². The molecule has 0 aliphatic heterocycles. The van der Waals surface area contributed by atoms with Crippen molar-refractivity contribution in [3.05, 3.63) is 59.7 Å². The number of para-hydroxylation sites is 2. The predicted molar refractivity (Wildman–Crippen MR) is 88.9 cm³/mol. The van der Waals surface area contributed by atoms with Crippen LogP contribution in [0.3, 0.4) is 0 Å². The van der Waals surface area contributed by atoms with Crippen LogP contribution in [-0.2, 0) is 31.3 Å². The Labute approximate surface area is 140 Å². The molecule has 2 aromatic rings. The molecule has 2 rings (SSSR count). The fourth-order valence-electron chi connectivity index (χ4n) is 2.62. The molecule has 0 heterocycles. The number of hydrogen-bond donors (Lipinski definition) is 0. The van der Waals surface area contributed by atoms with Crippen molar-refractivity contribution in [3.63, 3.8) is 0 Å². The van der Waals surface area contributed by atoms with Gasteiger partial charge in [0.15, 0.2) is 0 Å². The van der Waals surface area contributed by atoms with Crippen molar-refractivity contribution >= 4 is 11.4 Å². The summed E-state index contributed by atoms with van der Waals surface area (Å²) in [5.74, 6) is 0. The summed E-state index contributed by atoms with van der Waals surface area (Å²) >= 11 is -0.311. The molecule has 0 saturated carbocycles. The van der Waals surface area contributed by atoms with Crippen LogP contribution in [0.1, 0.15) is 11.1 Å². The fourth-order valence-corrected chi connectivity index (χ4v) is 4.90. The van der Waals surface area contributed by atoms with Crippen LogP contribution in [0.4, 0.5) is 11.4 Å². The van der Waals surface area contributed by atoms with Gasteiger partial charge in [-0.05, 0) is 0 Å². The Bertz CT molecular complexity index is 527. The van der Waals surface area contributed by atoms with Crippen molar-refractivity contribution in [2.24, 2.45) is 0 Å². The van der Waals surface area contributed by atoms with Crippen LogP contribution < -0.4 is 9.80 Å². The Morgan fingerprint density at radius 1 is 0.667 bits per heavy atom. The van der Waals surface area contributed by atoms with E-state index in [9.17, 15) is 0 Å². The zero-order chi connectivity index (χ0) is 15.2. The summed E-state index contributed by atoms with van der Waals surface area (Å²) in [6, 6.07) is 17.6. The quantitative estimate of drug-likeness (QED) is 0.804. The van der Waals surface area contributed by atoms with E-state index in [2.05, 4.69) is 86.5 Å². The second kappa shape index (κ2) is 7.79. The molecular weight excluding hydrogens is 289 g/mol. The Kier molecular flexibility index (Phi) is 6.04. The summed E-state index contributed by atoms with van der Waals surface area (Å²) in [6.07, 6.45) is 0. The van der Waals surface area contributed by atoms with Gasteiger partial charge in [-0.2, -0.15) is 0 Å². The van der Waals surface area contributed by atoms with Crippen molar-refractivity contribution in [2.45, 2.75) is 8.35 Å². The van der Waals surface area contributed by atoms with Gasteiger partial charge in [-0.3, -0.25) is 0 Å². The summed E-state index contributed by atoms with van der Waals surface area (Å²) in [7, 11) is 8.51. The summed E-state index contributed by atoms with van der Waals surface area (Å²) in [6.45, 7) is 0. The number of anilines is 2. The van der Waals surface area contributed by atoms with Gasteiger partial charge in [0, 0.05) is 0 Å². The molecule has 0 aliphatic rings. The minimum absolute atomic E-state index is 0.311. The molecule has 0 saturated heterocycles. The molecule has 2 aromatic carbocycles. The minimum atomic E-state index is -0.311. The second-order valence-corrected chi connectivity index (χ2v) is 7.92. The van der Waals surface area contributed by atoms with Gasteiger partial charge in [0.25, 0.3) is 0 Å². The van der Waals surface area contributed by atoms with E-state index in [0.717, 1.165) is 0 Å². The molecular formula is C18H24N2Sc. The van der Waals surface area contributed by atoms with Gasteiger partial charge < -0.3 is 0 Å². The first kappa shape index (κ1) is 16.3. The third-order valence-electron chi connectivity index (χ3n) is 3.68. The first-order valence-electron chi connectivity index (χ1n) is 7.41. The third kappa shape index (κ3) is 4.44.